The molecule has 0 atom stereocenters. The topological polar surface area (TPSA) is 44.1 Å². The van der Waals surface area contributed by atoms with Gasteiger partial charge in [-0.25, -0.2) is 0 Å². The molecule has 0 aliphatic carbocycles. The van der Waals surface area contributed by atoms with Crippen molar-refractivity contribution >= 4 is 17.4 Å². The van der Waals surface area contributed by atoms with Crippen LogP contribution in [0.1, 0.15) is 42.4 Å². The van der Waals surface area contributed by atoms with Crippen molar-refractivity contribution in [2.24, 2.45) is 0 Å². The first-order valence-electron chi connectivity index (χ1n) is 6.92. The number of hydrogen-bond donors (Lipinski definition) is 0. The summed E-state index contributed by atoms with van der Waals surface area (Å²) in [6, 6.07) is 7.83. The molecule has 0 N–H and O–H groups in total. The number of Topliss-reactive ketones (excluding diaryl/α,β-unsaturated/α-hetero) is 1. The third kappa shape index (κ3) is 3.64. The third-order valence-corrected chi connectivity index (χ3v) is 3.58. The van der Waals surface area contributed by atoms with E-state index in [1.54, 1.807) is 11.8 Å². The second-order valence-corrected chi connectivity index (χ2v) is 5.56. The molecular weight excluding hydrogens is 288 g/mol. The van der Waals surface area contributed by atoms with E-state index >= 15 is 0 Å². The van der Waals surface area contributed by atoms with E-state index in [1.165, 1.54) is 6.20 Å². The Labute approximate surface area is 129 Å². The summed E-state index contributed by atoms with van der Waals surface area (Å²) in [7, 11) is 1.63. The van der Waals surface area contributed by atoms with Crippen molar-refractivity contribution in [1.29, 1.82) is 0 Å². The predicted octanol–water partition coefficient (Wildman–Crippen LogP) is 3.94. The zero-order valence-electron chi connectivity index (χ0n) is 12.5. The van der Waals surface area contributed by atoms with Crippen molar-refractivity contribution in [3.8, 4) is 5.75 Å². The average Bonchev–Trinajstić information content (AvgIpc) is 2.87. The molecule has 4 nitrogen and oxygen atoms in total. The largest absolute Gasteiger partial charge is 0.497 e. The van der Waals surface area contributed by atoms with E-state index < -0.39 is 0 Å². The highest BCUT2D eigenvalue weighted by Crippen LogP contribution is 2.21. The quantitative estimate of drug-likeness (QED) is 0.759. The van der Waals surface area contributed by atoms with Gasteiger partial charge in [0, 0.05) is 12.5 Å². The number of ether oxygens (including phenoxy) is 1. The molecule has 2 rings (SSSR count). The van der Waals surface area contributed by atoms with E-state index in [2.05, 4.69) is 5.10 Å². The van der Waals surface area contributed by atoms with Gasteiger partial charge in [0.25, 0.3) is 0 Å². The van der Waals surface area contributed by atoms with Gasteiger partial charge in [0.15, 0.2) is 5.78 Å². The molecule has 112 valence electrons. The number of carbonyl (C=O) groups excluding carboxylic acids is 1. The van der Waals surface area contributed by atoms with Gasteiger partial charge in [0.05, 0.1) is 18.3 Å². The van der Waals surface area contributed by atoms with Crippen LogP contribution in [0, 0.1) is 0 Å². The van der Waals surface area contributed by atoms with Crippen molar-refractivity contribution in [3.05, 3.63) is 46.7 Å². The Morgan fingerprint density at radius 1 is 1.33 bits per heavy atom. The first-order valence-corrected chi connectivity index (χ1v) is 7.30. The molecule has 1 aromatic heterocycles. The van der Waals surface area contributed by atoms with E-state index in [0.717, 1.165) is 11.3 Å². The fourth-order valence-corrected chi connectivity index (χ4v) is 2.40. The number of aryl methyl sites for hydroxylation is 1. The minimum absolute atomic E-state index is 0.0158. The van der Waals surface area contributed by atoms with Crippen LogP contribution in [0.25, 0.3) is 0 Å². The number of rotatable bonds is 6. The van der Waals surface area contributed by atoms with Gasteiger partial charge in [-0.3, -0.25) is 9.48 Å². The Kier molecular flexibility index (Phi) is 5.02. The monoisotopic (exact) mass is 306 g/mol. The van der Waals surface area contributed by atoms with E-state index in [0.29, 0.717) is 23.6 Å². The number of carbonyl (C=O) groups is 1. The van der Waals surface area contributed by atoms with Crippen molar-refractivity contribution in [1.82, 2.24) is 9.78 Å². The normalized spacial score (nSPS) is 10.9. The lowest BCUT2D eigenvalue weighted by molar-refractivity contribution is 0.0970. The second-order valence-electron chi connectivity index (χ2n) is 5.15. The summed E-state index contributed by atoms with van der Waals surface area (Å²) in [5.41, 5.74) is 1.59. The number of nitrogens with zero attached hydrogens (tertiary/aromatic N) is 2. The molecule has 0 saturated heterocycles. The maximum absolute atomic E-state index is 12.4. The molecule has 21 heavy (non-hydrogen) atoms. The van der Waals surface area contributed by atoms with Gasteiger partial charge in [0.2, 0.25) is 0 Å². The van der Waals surface area contributed by atoms with Gasteiger partial charge in [-0.05, 0) is 38.0 Å². The van der Waals surface area contributed by atoms with Gasteiger partial charge in [0.1, 0.15) is 11.4 Å². The second kappa shape index (κ2) is 6.76. The lowest BCUT2D eigenvalue weighted by Gasteiger charge is -2.10. The number of methoxy groups -OCH3 is 1. The molecule has 5 heteroatoms. The molecule has 2 aromatic rings. The Morgan fingerprint density at radius 2 is 2.00 bits per heavy atom. The highest BCUT2D eigenvalue weighted by Gasteiger charge is 2.18. The summed E-state index contributed by atoms with van der Waals surface area (Å²) in [6.45, 7) is 3.95. The fourth-order valence-electron chi connectivity index (χ4n) is 2.16. The molecule has 0 amide bonds. The standard InChI is InChI=1S/C16H19ClN2O2/c1-11(2)19-16(14(17)10-18-19)15(20)9-6-12-4-7-13(21-3)8-5-12/h4-5,7-8,10-11H,6,9H2,1-3H3. The Morgan fingerprint density at radius 3 is 2.57 bits per heavy atom. The Bertz CT molecular complexity index is 618. The molecular formula is C16H19ClN2O2. The van der Waals surface area contributed by atoms with Crippen LogP contribution in [0.5, 0.6) is 5.75 Å². The predicted molar refractivity (Wildman–Crippen MR) is 83.3 cm³/mol. The summed E-state index contributed by atoms with van der Waals surface area (Å²) >= 11 is 6.08. The summed E-state index contributed by atoms with van der Waals surface area (Å²) < 4.78 is 6.79. The summed E-state index contributed by atoms with van der Waals surface area (Å²) in [5.74, 6) is 0.827. The highest BCUT2D eigenvalue weighted by molar-refractivity contribution is 6.33. The van der Waals surface area contributed by atoms with E-state index in [9.17, 15) is 4.79 Å². The van der Waals surface area contributed by atoms with Gasteiger partial charge in [-0.1, -0.05) is 23.7 Å². The third-order valence-electron chi connectivity index (χ3n) is 3.30. The molecule has 0 radical (unpaired) electrons. The minimum Gasteiger partial charge on any atom is -0.497 e. The number of ketones is 1. The molecule has 0 fully saturated rings. The van der Waals surface area contributed by atoms with Gasteiger partial charge in [-0.15, -0.1) is 0 Å². The van der Waals surface area contributed by atoms with Gasteiger partial charge < -0.3 is 4.74 Å². The van der Waals surface area contributed by atoms with Crippen molar-refractivity contribution in [3.63, 3.8) is 0 Å². The SMILES string of the molecule is COc1ccc(CCC(=O)c2c(Cl)cnn2C(C)C)cc1. The van der Waals surface area contributed by atoms with Crippen LogP contribution in [-0.2, 0) is 6.42 Å². The molecule has 0 saturated carbocycles. The number of benzene rings is 1. The van der Waals surface area contributed by atoms with Crippen molar-refractivity contribution in [2.75, 3.05) is 7.11 Å². The Hall–Kier alpha value is -1.81. The van der Waals surface area contributed by atoms with Crippen LogP contribution in [0.15, 0.2) is 30.5 Å². The van der Waals surface area contributed by atoms with E-state index in [4.69, 9.17) is 16.3 Å². The van der Waals surface area contributed by atoms with Crippen LogP contribution >= 0.6 is 11.6 Å². The molecule has 0 unspecified atom stereocenters. The molecule has 0 bridgehead atoms. The number of aromatic nitrogens is 2. The average molecular weight is 307 g/mol. The van der Waals surface area contributed by atoms with Gasteiger partial charge in [-0.2, -0.15) is 5.10 Å². The molecule has 0 spiro atoms. The summed E-state index contributed by atoms with van der Waals surface area (Å²) in [6.07, 6.45) is 2.61. The smallest absolute Gasteiger partial charge is 0.182 e. The van der Waals surface area contributed by atoms with Crippen LogP contribution < -0.4 is 4.74 Å². The van der Waals surface area contributed by atoms with Gasteiger partial charge >= 0.3 is 0 Å². The minimum atomic E-state index is 0.0158. The lowest BCUT2D eigenvalue weighted by atomic mass is 10.1. The maximum atomic E-state index is 12.4. The van der Waals surface area contributed by atoms with E-state index in [1.807, 2.05) is 38.1 Å². The van der Waals surface area contributed by atoms with Crippen LogP contribution in [0.3, 0.4) is 0 Å². The maximum Gasteiger partial charge on any atom is 0.182 e. The highest BCUT2D eigenvalue weighted by atomic mass is 35.5. The molecule has 0 aliphatic heterocycles. The van der Waals surface area contributed by atoms with Crippen LogP contribution in [-0.4, -0.2) is 22.7 Å². The first kappa shape index (κ1) is 15.6. The molecule has 1 heterocycles. The summed E-state index contributed by atoms with van der Waals surface area (Å²) in [4.78, 5) is 12.4. The first-order chi connectivity index (χ1) is 10.0. The van der Waals surface area contributed by atoms with E-state index in [-0.39, 0.29) is 11.8 Å². The van der Waals surface area contributed by atoms with Crippen LogP contribution in [0.2, 0.25) is 5.02 Å². The molecule has 1 aromatic carbocycles. The van der Waals surface area contributed by atoms with Crippen LogP contribution in [0.4, 0.5) is 0 Å². The van der Waals surface area contributed by atoms with Crippen molar-refractivity contribution < 1.29 is 9.53 Å². The van der Waals surface area contributed by atoms with Crippen molar-refractivity contribution in [2.45, 2.75) is 32.7 Å². The summed E-state index contributed by atoms with van der Waals surface area (Å²) in [5, 5.41) is 4.58. The zero-order chi connectivity index (χ0) is 15.4. The number of halogens is 1. The fraction of sp³-hybridized carbons (Fsp3) is 0.375. The Balaban J connectivity index is 2.06. The number of hydrogen-bond acceptors (Lipinski definition) is 3. The zero-order valence-corrected chi connectivity index (χ0v) is 13.2. The molecule has 0 aliphatic rings. The lowest BCUT2D eigenvalue weighted by Crippen LogP contribution is -2.13.